The van der Waals surface area contributed by atoms with E-state index in [-0.39, 0.29) is 88.5 Å². The van der Waals surface area contributed by atoms with Crippen molar-refractivity contribution >= 4 is 23.4 Å². The number of carbonyl (C=O) groups excluding carboxylic acids is 3. The SMILES string of the molecule is C=C(NCCN(CCNC(=O)c1cccc(=O)n1O)CCN(CCNC(=O)c1cccc(=O)n1O)CCNC(=O)c1cccc(=O)n1O)c1cccc(=O)n1O. The zero-order valence-corrected chi connectivity index (χ0v) is 30.0. The van der Waals surface area contributed by atoms with E-state index >= 15 is 0 Å². The first-order chi connectivity index (χ1) is 26.8. The fourth-order valence-corrected chi connectivity index (χ4v) is 5.33. The van der Waals surface area contributed by atoms with Crippen LogP contribution >= 0.6 is 0 Å². The third kappa shape index (κ3) is 11.2. The normalized spacial score (nSPS) is 11.0. The van der Waals surface area contributed by atoms with Crippen molar-refractivity contribution in [2.45, 2.75) is 0 Å². The van der Waals surface area contributed by atoms with Crippen molar-refractivity contribution < 1.29 is 35.2 Å². The molecule has 0 aromatic carbocycles. The minimum Gasteiger partial charge on any atom is -0.425 e. The van der Waals surface area contributed by atoms with Gasteiger partial charge in [0.2, 0.25) is 0 Å². The van der Waals surface area contributed by atoms with Gasteiger partial charge in [-0.1, -0.05) is 30.8 Å². The van der Waals surface area contributed by atoms with Gasteiger partial charge >= 0.3 is 0 Å². The number of aromatic nitrogens is 4. The van der Waals surface area contributed by atoms with Gasteiger partial charge in [0.25, 0.3) is 40.0 Å². The van der Waals surface area contributed by atoms with Crippen molar-refractivity contribution in [3.05, 3.63) is 144 Å². The van der Waals surface area contributed by atoms with Crippen molar-refractivity contribution in [1.82, 2.24) is 50.0 Å². The molecule has 0 saturated heterocycles. The van der Waals surface area contributed by atoms with Gasteiger partial charge in [-0.25, -0.2) is 0 Å². The van der Waals surface area contributed by atoms with Crippen LogP contribution in [0.25, 0.3) is 5.70 Å². The third-order valence-corrected chi connectivity index (χ3v) is 8.37. The van der Waals surface area contributed by atoms with Crippen LogP contribution in [0.15, 0.2) is 98.6 Å². The molecule has 0 aliphatic heterocycles. The number of pyridine rings is 4. The van der Waals surface area contributed by atoms with E-state index < -0.39 is 40.0 Å². The second kappa shape index (κ2) is 19.8. The summed E-state index contributed by atoms with van der Waals surface area (Å²) in [6, 6.07) is 15.2. The van der Waals surface area contributed by atoms with Gasteiger partial charge in [0.15, 0.2) is 0 Å². The van der Waals surface area contributed by atoms with Crippen LogP contribution in [0.2, 0.25) is 0 Å². The Morgan fingerprint density at radius 2 is 0.714 bits per heavy atom. The van der Waals surface area contributed by atoms with E-state index in [9.17, 15) is 54.4 Å². The molecule has 21 nitrogen and oxygen atoms in total. The van der Waals surface area contributed by atoms with Gasteiger partial charge in [-0.15, -0.1) is 18.9 Å². The second-order valence-corrected chi connectivity index (χ2v) is 12.1. The van der Waals surface area contributed by atoms with Crippen LogP contribution in [0.4, 0.5) is 0 Å². The lowest BCUT2D eigenvalue weighted by Crippen LogP contribution is -2.46. The number of amides is 3. The lowest BCUT2D eigenvalue weighted by atomic mass is 10.3. The number of carbonyl (C=O) groups is 3. The van der Waals surface area contributed by atoms with Crippen LogP contribution in [0.3, 0.4) is 0 Å². The molecule has 0 radical (unpaired) electrons. The third-order valence-electron chi connectivity index (χ3n) is 8.37. The van der Waals surface area contributed by atoms with Crippen molar-refractivity contribution in [3.8, 4) is 0 Å². The molecule has 0 atom stereocenters. The van der Waals surface area contributed by atoms with Crippen LogP contribution in [-0.2, 0) is 0 Å². The molecular weight excluding hydrogens is 736 g/mol. The summed E-state index contributed by atoms with van der Waals surface area (Å²) < 4.78 is 1.14. The maximum absolute atomic E-state index is 12.7. The first-order valence-corrected chi connectivity index (χ1v) is 17.2. The first-order valence-electron chi connectivity index (χ1n) is 17.2. The lowest BCUT2D eigenvalue weighted by Gasteiger charge is -2.28. The molecule has 4 rings (SSSR count). The molecule has 0 unspecified atom stereocenters. The van der Waals surface area contributed by atoms with Crippen molar-refractivity contribution in [2.75, 3.05) is 65.4 Å². The summed E-state index contributed by atoms with van der Waals surface area (Å²) in [7, 11) is 0. The molecule has 0 spiro atoms. The summed E-state index contributed by atoms with van der Waals surface area (Å²) in [4.78, 5) is 89.3. The summed E-state index contributed by atoms with van der Waals surface area (Å²) >= 11 is 0. The molecule has 4 aromatic rings. The number of hydrogen-bond donors (Lipinski definition) is 8. The van der Waals surface area contributed by atoms with E-state index in [4.69, 9.17) is 0 Å². The van der Waals surface area contributed by atoms with Gasteiger partial charge in [-0.05, 0) is 24.3 Å². The standard InChI is InChI=1S/C35H42N10O11/c1-24(25-6-2-10-29(46)42(25)53)36-14-18-40(19-15-37-33(50)26-7-3-11-30(47)43(26)54)22-23-41(20-16-38-34(51)27-8-4-12-31(48)44(27)55)21-17-39-35(52)28-9-5-13-32(49)45(28)56/h2-13,36,53-56H,1,14-23H2,(H,37,50)(H,38,51)(H,39,52). The molecular formula is C35H42N10O11. The fraction of sp³-hybridized carbons (Fsp3) is 0.286. The van der Waals surface area contributed by atoms with E-state index in [0.29, 0.717) is 24.4 Å². The maximum atomic E-state index is 12.7. The molecule has 21 heteroatoms. The maximum Gasteiger partial charge on any atom is 0.283 e. The van der Waals surface area contributed by atoms with E-state index in [1.165, 1.54) is 54.6 Å². The average molecular weight is 779 g/mol. The fourth-order valence-electron chi connectivity index (χ4n) is 5.33. The van der Waals surface area contributed by atoms with Crippen molar-refractivity contribution in [3.63, 3.8) is 0 Å². The van der Waals surface area contributed by atoms with Crippen molar-refractivity contribution in [1.29, 1.82) is 0 Å². The smallest absolute Gasteiger partial charge is 0.283 e. The van der Waals surface area contributed by atoms with E-state index in [0.717, 1.165) is 18.2 Å². The van der Waals surface area contributed by atoms with Gasteiger partial charge in [0.05, 0.1) is 5.70 Å². The molecule has 4 heterocycles. The Morgan fingerprint density at radius 1 is 0.446 bits per heavy atom. The van der Waals surface area contributed by atoms with Crippen molar-refractivity contribution in [2.24, 2.45) is 0 Å². The van der Waals surface area contributed by atoms with E-state index in [1.807, 2.05) is 9.80 Å². The monoisotopic (exact) mass is 778 g/mol. The quantitative estimate of drug-likeness (QED) is 0.0440. The summed E-state index contributed by atoms with van der Waals surface area (Å²) in [6.07, 6.45) is 0. The van der Waals surface area contributed by atoms with Crippen LogP contribution in [-0.4, -0.2) is 133 Å². The number of rotatable bonds is 20. The predicted molar refractivity (Wildman–Crippen MR) is 198 cm³/mol. The number of nitrogens with one attached hydrogen (secondary N) is 4. The Balaban J connectivity index is 1.44. The summed E-state index contributed by atoms with van der Waals surface area (Å²) in [5, 5.41) is 51.0. The Kier molecular flexibility index (Phi) is 14.7. The number of hydrogen-bond acceptors (Lipinski definition) is 14. The highest BCUT2D eigenvalue weighted by Gasteiger charge is 2.17. The highest BCUT2D eigenvalue weighted by Crippen LogP contribution is 2.05. The zero-order chi connectivity index (χ0) is 40.8. The van der Waals surface area contributed by atoms with Gasteiger partial charge in [0.1, 0.15) is 22.8 Å². The molecule has 0 bridgehead atoms. The van der Waals surface area contributed by atoms with Gasteiger partial charge in [0, 0.05) is 89.7 Å². The number of nitrogens with zero attached hydrogens (tertiary/aromatic N) is 6. The van der Waals surface area contributed by atoms with Crippen LogP contribution in [0, 0.1) is 0 Å². The topological polar surface area (TPSA) is 275 Å². The Morgan fingerprint density at radius 3 is 1.04 bits per heavy atom. The summed E-state index contributed by atoms with van der Waals surface area (Å²) in [6.45, 7) is 5.97. The molecule has 298 valence electrons. The molecule has 3 amide bonds. The lowest BCUT2D eigenvalue weighted by molar-refractivity contribution is 0.0868. The summed E-state index contributed by atoms with van der Waals surface area (Å²) in [5.41, 5.74) is -3.43. The molecule has 0 aliphatic carbocycles. The highest BCUT2D eigenvalue weighted by molar-refractivity contribution is 5.93. The average Bonchev–Trinajstić information content (AvgIpc) is 3.17. The summed E-state index contributed by atoms with van der Waals surface area (Å²) in [5.74, 6) is -2.13. The minimum absolute atomic E-state index is 0.0437. The van der Waals surface area contributed by atoms with Crippen LogP contribution in [0.1, 0.15) is 37.2 Å². The van der Waals surface area contributed by atoms with Crippen LogP contribution < -0.4 is 43.5 Å². The molecule has 4 aromatic heterocycles. The van der Waals surface area contributed by atoms with Gasteiger partial charge < -0.3 is 42.1 Å². The molecule has 8 N–H and O–H groups in total. The molecule has 0 saturated carbocycles. The zero-order valence-electron chi connectivity index (χ0n) is 30.0. The molecule has 56 heavy (non-hydrogen) atoms. The highest BCUT2D eigenvalue weighted by atomic mass is 16.5. The second-order valence-electron chi connectivity index (χ2n) is 12.1. The Labute approximate surface area is 317 Å². The predicted octanol–water partition coefficient (Wildman–Crippen LogP) is -2.26. The Bertz CT molecular complexity index is 1970. The minimum atomic E-state index is -0.792. The van der Waals surface area contributed by atoms with Crippen LogP contribution in [0.5, 0.6) is 0 Å². The molecule has 0 fully saturated rings. The Hall–Kier alpha value is -7.13. The van der Waals surface area contributed by atoms with Gasteiger partial charge in [-0.2, -0.15) is 0 Å². The van der Waals surface area contributed by atoms with E-state index in [1.54, 1.807) is 0 Å². The molecule has 0 aliphatic rings. The van der Waals surface area contributed by atoms with E-state index in [2.05, 4.69) is 27.8 Å². The first kappa shape index (κ1) is 41.6. The largest absolute Gasteiger partial charge is 0.425 e. The van der Waals surface area contributed by atoms with Gasteiger partial charge in [-0.3, -0.25) is 43.4 Å².